The van der Waals surface area contributed by atoms with Crippen LogP contribution >= 0.6 is 11.8 Å². The molecule has 1 aliphatic rings. The molecular weight excluding hydrogens is 228 g/mol. The molecule has 1 atom stereocenters. The Hall–Kier alpha value is -0.670. The van der Waals surface area contributed by atoms with E-state index in [0.717, 1.165) is 24.5 Å². The van der Waals surface area contributed by atoms with Crippen molar-refractivity contribution in [3.05, 3.63) is 35.7 Å². The van der Waals surface area contributed by atoms with E-state index in [1.807, 2.05) is 17.8 Å². The standard InChI is InChI=1S/C14H22N2S/c1-3-8-17-9-7-16-11(2)10-12-13(15)5-4-6-14(12)16/h3,10,13H,1,4-9,15H2,2H3. The second-order valence-electron chi connectivity index (χ2n) is 4.70. The molecule has 2 N–H and O–H groups in total. The number of hydrogen-bond acceptors (Lipinski definition) is 2. The summed E-state index contributed by atoms with van der Waals surface area (Å²) in [6.07, 6.45) is 5.54. The molecule has 2 rings (SSSR count). The van der Waals surface area contributed by atoms with E-state index in [9.17, 15) is 0 Å². The maximum absolute atomic E-state index is 6.17. The fourth-order valence-corrected chi connectivity index (χ4v) is 3.28. The van der Waals surface area contributed by atoms with E-state index in [1.54, 1.807) is 0 Å². The number of fused-ring (bicyclic) bond motifs is 1. The summed E-state index contributed by atoms with van der Waals surface area (Å²) < 4.78 is 2.46. The van der Waals surface area contributed by atoms with Gasteiger partial charge in [0, 0.05) is 35.5 Å². The molecule has 0 bridgehead atoms. The van der Waals surface area contributed by atoms with Crippen molar-refractivity contribution in [2.75, 3.05) is 11.5 Å². The Labute approximate surface area is 108 Å². The molecule has 1 heterocycles. The van der Waals surface area contributed by atoms with E-state index in [1.165, 1.54) is 29.8 Å². The molecule has 1 unspecified atom stereocenters. The van der Waals surface area contributed by atoms with Gasteiger partial charge in [0.25, 0.3) is 0 Å². The molecule has 0 spiro atoms. The lowest BCUT2D eigenvalue weighted by molar-refractivity contribution is 0.544. The molecule has 1 aliphatic carbocycles. The highest BCUT2D eigenvalue weighted by atomic mass is 32.2. The summed E-state index contributed by atoms with van der Waals surface area (Å²) in [6, 6.07) is 2.55. The van der Waals surface area contributed by atoms with Gasteiger partial charge in [0.15, 0.2) is 0 Å². The van der Waals surface area contributed by atoms with Crippen molar-refractivity contribution in [3.8, 4) is 0 Å². The third-order valence-electron chi connectivity index (χ3n) is 3.47. The predicted molar refractivity (Wildman–Crippen MR) is 76.6 cm³/mol. The largest absolute Gasteiger partial charge is 0.348 e. The SMILES string of the molecule is C=CCSCCn1c(C)cc2c1CCCC2N. The summed E-state index contributed by atoms with van der Waals surface area (Å²) in [5.74, 6) is 2.20. The second-order valence-corrected chi connectivity index (χ2v) is 5.85. The van der Waals surface area contributed by atoms with Crippen LogP contribution in [-0.4, -0.2) is 16.1 Å². The van der Waals surface area contributed by atoms with Gasteiger partial charge < -0.3 is 10.3 Å². The van der Waals surface area contributed by atoms with Crippen LogP contribution in [0.4, 0.5) is 0 Å². The Bertz CT molecular complexity index is 395. The van der Waals surface area contributed by atoms with Crippen LogP contribution in [0.25, 0.3) is 0 Å². The molecule has 3 heteroatoms. The molecular formula is C14H22N2S. The maximum atomic E-state index is 6.17. The predicted octanol–water partition coefficient (Wildman–Crippen LogP) is 3.05. The molecule has 0 saturated carbocycles. The molecule has 94 valence electrons. The first-order chi connectivity index (χ1) is 8.24. The number of thioether (sulfide) groups is 1. The quantitative estimate of drug-likeness (QED) is 0.643. The van der Waals surface area contributed by atoms with Crippen LogP contribution in [0.1, 0.15) is 35.8 Å². The van der Waals surface area contributed by atoms with E-state index in [2.05, 4.69) is 24.1 Å². The van der Waals surface area contributed by atoms with E-state index >= 15 is 0 Å². The minimum atomic E-state index is 0.263. The number of hydrogen-bond donors (Lipinski definition) is 1. The molecule has 0 radical (unpaired) electrons. The number of nitrogens with two attached hydrogens (primary N) is 1. The van der Waals surface area contributed by atoms with Crippen molar-refractivity contribution in [2.45, 2.75) is 38.8 Å². The van der Waals surface area contributed by atoms with Crippen molar-refractivity contribution >= 4 is 11.8 Å². The van der Waals surface area contributed by atoms with Gasteiger partial charge in [-0.05, 0) is 37.8 Å². The first-order valence-corrected chi connectivity index (χ1v) is 7.52. The first kappa shape index (κ1) is 12.8. The van der Waals surface area contributed by atoms with Gasteiger partial charge in [-0.25, -0.2) is 0 Å². The van der Waals surface area contributed by atoms with Crippen LogP contribution in [0.3, 0.4) is 0 Å². The Balaban J connectivity index is 2.08. The van der Waals surface area contributed by atoms with Crippen molar-refractivity contribution in [1.29, 1.82) is 0 Å². The summed E-state index contributed by atoms with van der Waals surface area (Å²) in [4.78, 5) is 0. The van der Waals surface area contributed by atoms with Gasteiger partial charge in [0.1, 0.15) is 0 Å². The molecule has 17 heavy (non-hydrogen) atoms. The number of nitrogens with zero attached hydrogens (tertiary/aromatic N) is 1. The van der Waals surface area contributed by atoms with Crippen LogP contribution in [0, 0.1) is 6.92 Å². The summed E-state index contributed by atoms with van der Waals surface area (Å²) >= 11 is 1.94. The van der Waals surface area contributed by atoms with E-state index in [-0.39, 0.29) is 6.04 Å². The van der Waals surface area contributed by atoms with Gasteiger partial charge in [-0.2, -0.15) is 11.8 Å². The molecule has 2 nitrogen and oxygen atoms in total. The lowest BCUT2D eigenvalue weighted by Crippen LogP contribution is -2.18. The fourth-order valence-electron chi connectivity index (χ4n) is 2.63. The van der Waals surface area contributed by atoms with E-state index in [0.29, 0.717) is 0 Å². The normalized spacial score (nSPS) is 19.1. The van der Waals surface area contributed by atoms with E-state index in [4.69, 9.17) is 5.73 Å². The zero-order valence-electron chi connectivity index (χ0n) is 10.6. The average molecular weight is 250 g/mol. The molecule has 1 aromatic rings. The zero-order valence-corrected chi connectivity index (χ0v) is 11.4. The second kappa shape index (κ2) is 5.78. The lowest BCUT2D eigenvalue weighted by Gasteiger charge is -2.21. The monoisotopic (exact) mass is 250 g/mol. The van der Waals surface area contributed by atoms with Crippen LogP contribution < -0.4 is 5.73 Å². The molecule has 1 aromatic heterocycles. The Morgan fingerprint density at radius 2 is 2.47 bits per heavy atom. The molecule has 0 aromatic carbocycles. The third-order valence-corrected chi connectivity index (χ3v) is 4.41. The van der Waals surface area contributed by atoms with Crippen LogP contribution in [0.2, 0.25) is 0 Å². The molecule has 0 fully saturated rings. The highest BCUT2D eigenvalue weighted by molar-refractivity contribution is 7.99. The minimum absolute atomic E-state index is 0.263. The van der Waals surface area contributed by atoms with Gasteiger partial charge in [-0.3, -0.25) is 0 Å². The minimum Gasteiger partial charge on any atom is -0.348 e. The highest BCUT2D eigenvalue weighted by Crippen LogP contribution is 2.30. The Kier molecular flexibility index (Phi) is 4.35. The topological polar surface area (TPSA) is 30.9 Å². The van der Waals surface area contributed by atoms with Crippen molar-refractivity contribution in [2.24, 2.45) is 5.73 Å². The van der Waals surface area contributed by atoms with Gasteiger partial charge in [0.2, 0.25) is 0 Å². The maximum Gasteiger partial charge on any atom is 0.0315 e. The van der Waals surface area contributed by atoms with Crippen molar-refractivity contribution in [3.63, 3.8) is 0 Å². The van der Waals surface area contributed by atoms with Crippen LogP contribution in [0.15, 0.2) is 18.7 Å². The van der Waals surface area contributed by atoms with Gasteiger partial charge in [-0.1, -0.05) is 6.08 Å². The number of aryl methyl sites for hydroxylation is 1. The summed E-state index contributed by atoms with van der Waals surface area (Å²) in [5.41, 5.74) is 10.4. The van der Waals surface area contributed by atoms with E-state index < -0.39 is 0 Å². The van der Waals surface area contributed by atoms with Crippen molar-refractivity contribution < 1.29 is 0 Å². The number of aromatic nitrogens is 1. The first-order valence-electron chi connectivity index (χ1n) is 6.37. The van der Waals surface area contributed by atoms with Crippen LogP contribution in [-0.2, 0) is 13.0 Å². The molecule has 0 saturated heterocycles. The molecule has 0 amide bonds. The average Bonchev–Trinajstić information content (AvgIpc) is 2.63. The highest BCUT2D eigenvalue weighted by Gasteiger charge is 2.21. The molecule has 0 aliphatic heterocycles. The van der Waals surface area contributed by atoms with Crippen LogP contribution in [0.5, 0.6) is 0 Å². The van der Waals surface area contributed by atoms with Gasteiger partial charge in [0.05, 0.1) is 0 Å². The number of rotatable bonds is 5. The summed E-state index contributed by atoms with van der Waals surface area (Å²) in [7, 11) is 0. The lowest BCUT2D eigenvalue weighted by atomic mass is 9.93. The fraction of sp³-hybridized carbons (Fsp3) is 0.571. The summed E-state index contributed by atoms with van der Waals surface area (Å²) in [6.45, 7) is 7.05. The summed E-state index contributed by atoms with van der Waals surface area (Å²) in [5, 5.41) is 0. The third kappa shape index (κ3) is 2.78. The van der Waals surface area contributed by atoms with Gasteiger partial charge >= 0.3 is 0 Å². The van der Waals surface area contributed by atoms with Gasteiger partial charge in [-0.15, -0.1) is 6.58 Å². The zero-order chi connectivity index (χ0) is 12.3. The van der Waals surface area contributed by atoms with Crippen molar-refractivity contribution in [1.82, 2.24) is 4.57 Å². The Morgan fingerprint density at radius 1 is 1.65 bits per heavy atom. The smallest absolute Gasteiger partial charge is 0.0315 e. The Morgan fingerprint density at radius 3 is 3.24 bits per heavy atom.